The molecule has 1 unspecified atom stereocenters. The maximum absolute atomic E-state index is 12.8. The van der Waals surface area contributed by atoms with Crippen molar-refractivity contribution in [2.45, 2.75) is 25.3 Å². The highest BCUT2D eigenvalue weighted by atomic mass is 32.1. The Kier molecular flexibility index (Phi) is 5.78. The Bertz CT molecular complexity index is 835. The first kappa shape index (κ1) is 19.2. The molecule has 0 aliphatic carbocycles. The van der Waals surface area contributed by atoms with Crippen molar-refractivity contribution in [3.63, 3.8) is 0 Å². The molecule has 28 heavy (non-hydrogen) atoms. The van der Waals surface area contributed by atoms with Gasteiger partial charge in [-0.1, -0.05) is 30.3 Å². The molecule has 2 aliphatic rings. The first-order chi connectivity index (χ1) is 13.6. The van der Waals surface area contributed by atoms with E-state index >= 15 is 0 Å². The van der Waals surface area contributed by atoms with Crippen LogP contribution in [-0.4, -0.2) is 66.3 Å². The zero-order valence-corrected chi connectivity index (χ0v) is 17.2. The van der Waals surface area contributed by atoms with Crippen LogP contribution in [0.5, 0.6) is 0 Å². The second-order valence-corrected chi connectivity index (χ2v) is 8.79. The molecule has 1 aromatic carbocycles. The summed E-state index contributed by atoms with van der Waals surface area (Å²) in [6, 6.07) is 15.1. The molecule has 0 saturated carbocycles. The monoisotopic (exact) mass is 397 g/mol. The van der Waals surface area contributed by atoms with Crippen molar-refractivity contribution in [1.29, 1.82) is 0 Å². The lowest BCUT2D eigenvalue weighted by atomic mass is 10.1. The molecular formula is C22H27N3O2S. The van der Waals surface area contributed by atoms with Crippen LogP contribution < -0.4 is 0 Å². The molecule has 5 nitrogen and oxygen atoms in total. The van der Waals surface area contributed by atoms with E-state index in [0.29, 0.717) is 19.1 Å². The van der Waals surface area contributed by atoms with E-state index in [0.717, 1.165) is 30.8 Å². The van der Waals surface area contributed by atoms with Gasteiger partial charge in [-0.25, -0.2) is 0 Å². The topological polar surface area (TPSA) is 43.9 Å². The van der Waals surface area contributed by atoms with Crippen LogP contribution in [0.1, 0.15) is 39.0 Å². The normalized spacial score (nSPS) is 20.8. The molecule has 6 heteroatoms. The first-order valence-corrected chi connectivity index (χ1v) is 10.8. The van der Waals surface area contributed by atoms with Crippen LogP contribution in [0, 0.1) is 0 Å². The van der Waals surface area contributed by atoms with Gasteiger partial charge >= 0.3 is 0 Å². The number of likely N-dealkylation sites (N-methyl/N-ethyl adjacent to an activating group) is 1. The number of likely N-dealkylation sites (tertiary alicyclic amines) is 1. The van der Waals surface area contributed by atoms with Gasteiger partial charge in [-0.2, -0.15) is 0 Å². The third-order valence-electron chi connectivity index (χ3n) is 5.80. The standard InChI is InChI=1S/C22H27N3O2S/c1-23-14-15-25(16-21(23)26)22(27)20-10-9-19(28-20)18-8-5-12-24(18)13-11-17-6-3-2-4-7-17/h2-4,6-7,9-10,18H,5,8,11-16H2,1H3. The van der Waals surface area contributed by atoms with Gasteiger partial charge < -0.3 is 9.80 Å². The molecule has 1 aromatic heterocycles. The smallest absolute Gasteiger partial charge is 0.264 e. The summed E-state index contributed by atoms with van der Waals surface area (Å²) in [6.07, 6.45) is 3.40. The fourth-order valence-corrected chi connectivity index (χ4v) is 5.21. The Hall–Kier alpha value is -2.18. The van der Waals surface area contributed by atoms with E-state index in [9.17, 15) is 9.59 Å². The average Bonchev–Trinajstić information content (AvgIpc) is 3.38. The molecule has 0 radical (unpaired) electrons. The van der Waals surface area contributed by atoms with E-state index in [-0.39, 0.29) is 18.4 Å². The molecule has 0 N–H and O–H groups in total. The third-order valence-corrected chi connectivity index (χ3v) is 6.98. The van der Waals surface area contributed by atoms with Crippen molar-refractivity contribution >= 4 is 23.2 Å². The van der Waals surface area contributed by atoms with Crippen molar-refractivity contribution in [2.75, 3.05) is 39.8 Å². The molecule has 3 heterocycles. The quantitative estimate of drug-likeness (QED) is 0.779. The minimum absolute atomic E-state index is 0.00784. The van der Waals surface area contributed by atoms with Crippen molar-refractivity contribution in [3.05, 3.63) is 57.8 Å². The van der Waals surface area contributed by atoms with Gasteiger partial charge in [0, 0.05) is 37.6 Å². The summed E-state index contributed by atoms with van der Waals surface area (Å²) in [4.78, 5) is 32.7. The van der Waals surface area contributed by atoms with Crippen molar-refractivity contribution in [3.8, 4) is 0 Å². The van der Waals surface area contributed by atoms with Crippen molar-refractivity contribution < 1.29 is 9.59 Å². The van der Waals surface area contributed by atoms with E-state index < -0.39 is 0 Å². The Morgan fingerprint density at radius 2 is 1.93 bits per heavy atom. The number of nitrogens with zero attached hydrogens (tertiary/aromatic N) is 3. The van der Waals surface area contributed by atoms with Crippen LogP contribution in [0.15, 0.2) is 42.5 Å². The Balaban J connectivity index is 1.40. The van der Waals surface area contributed by atoms with Gasteiger partial charge in [-0.05, 0) is 43.5 Å². The number of amides is 2. The van der Waals surface area contributed by atoms with Crippen LogP contribution >= 0.6 is 11.3 Å². The highest BCUT2D eigenvalue weighted by Gasteiger charge is 2.30. The molecule has 0 spiro atoms. The van der Waals surface area contributed by atoms with Gasteiger partial charge in [0.05, 0.1) is 4.88 Å². The lowest BCUT2D eigenvalue weighted by molar-refractivity contribution is -0.133. The maximum Gasteiger partial charge on any atom is 0.264 e. The van der Waals surface area contributed by atoms with Crippen molar-refractivity contribution in [1.82, 2.24) is 14.7 Å². The van der Waals surface area contributed by atoms with E-state index in [1.54, 1.807) is 28.2 Å². The highest BCUT2D eigenvalue weighted by molar-refractivity contribution is 7.14. The predicted molar refractivity (Wildman–Crippen MR) is 112 cm³/mol. The number of rotatable bonds is 5. The maximum atomic E-state index is 12.8. The van der Waals surface area contributed by atoms with Crippen molar-refractivity contribution in [2.24, 2.45) is 0 Å². The minimum atomic E-state index is -0.00784. The number of thiophene rings is 1. The molecule has 1 atom stereocenters. The highest BCUT2D eigenvalue weighted by Crippen LogP contribution is 2.36. The Morgan fingerprint density at radius 3 is 2.71 bits per heavy atom. The summed E-state index contributed by atoms with van der Waals surface area (Å²) in [5.41, 5.74) is 1.37. The summed E-state index contributed by atoms with van der Waals surface area (Å²) in [5, 5.41) is 0. The molecular weight excluding hydrogens is 370 g/mol. The van der Waals surface area contributed by atoms with E-state index in [4.69, 9.17) is 0 Å². The third kappa shape index (κ3) is 4.13. The predicted octanol–water partition coefficient (Wildman–Crippen LogP) is 3.04. The van der Waals surface area contributed by atoms with E-state index in [1.165, 1.54) is 16.9 Å². The number of carbonyl (C=O) groups is 2. The summed E-state index contributed by atoms with van der Waals surface area (Å²) >= 11 is 1.60. The Morgan fingerprint density at radius 1 is 1.11 bits per heavy atom. The minimum Gasteiger partial charge on any atom is -0.342 e. The molecule has 2 amide bonds. The van der Waals surface area contributed by atoms with Gasteiger partial charge in [0.15, 0.2) is 0 Å². The number of benzene rings is 1. The van der Waals surface area contributed by atoms with E-state index in [2.05, 4.69) is 41.3 Å². The lowest BCUT2D eigenvalue weighted by Gasteiger charge is -2.31. The fourth-order valence-electron chi connectivity index (χ4n) is 4.07. The SMILES string of the molecule is CN1CCN(C(=O)c2ccc(C3CCCN3CCc3ccccc3)s2)CC1=O. The van der Waals surface area contributed by atoms with Crippen LogP contribution in [-0.2, 0) is 11.2 Å². The lowest BCUT2D eigenvalue weighted by Crippen LogP contribution is -2.50. The molecule has 148 valence electrons. The van der Waals surface area contributed by atoms with Gasteiger partial charge in [-0.15, -0.1) is 11.3 Å². The van der Waals surface area contributed by atoms with Crippen LogP contribution in [0.4, 0.5) is 0 Å². The second-order valence-electron chi connectivity index (χ2n) is 7.67. The fraction of sp³-hybridized carbons (Fsp3) is 0.455. The summed E-state index contributed by atoms with van der Waals surface area (Å²) in [7, 11) is 1.79. The molecule has 0 bridgehead atoms. The van der Waals surface area contributed by atoms with Gasteiger partial charge in [0.1, 0.15) is 6.54 Å². The number of hydrogen-bond donors (Lipinski definition) is 0. The summed E-state index contributed by atoms with van der Waals surface area (Å²) in [5.74, 6) is 0.00536. The molecule has 2 aliphatic heterocycles. The van der Waals surface area contributed by atoms with Crippen LogP contribution in [0.2, 0.25) is 0 Å². The number of carbonyl (C=O) groups excluding carboxylic acids is 2. The first-order valence-electron chi connectivity index (χ1n) is 10.0. The zero-order chi connectivity index (χ0) is 19.5. The molecule has 2 saturated heterocycles. The number of hydrogen-bond acceptors (Lipinski definition) is 4. The average molecular weight is 398 g/mol. The number of piperazine rings is 1. The van der Waals surface area contributed by atoms with Crippen LogP contribution in [0.25, 0.3) is 0 Å². The summed E-state index contributed by atoms with van der Waals surface area (Å²) < 4.78 is 0. The van der Waals surface area contributed by atoms with E-state index in [1.807, 2.05) is 6.07 Å². The molecule has 4 rings (SSSR count). The van der Waals surface area contributed by atoms with Crippen LogP contribution in [0.3, 0.4) is 0 Å². The molecule has 2 fully saturated rings. The van der Waals surface area contributed by atoms with Gasteiger partial charge in [0.2, 0.25) is 5.91 Å². The summed E-state index contributed by atoms with van der Waals surface area (Å²) in [6.45, 7) is 3.57. The zero-order valence-electron chi connectivity index (χ0n) is 16.3. The Labute approximate surface area is 170 Å². The largest absolute Gasteiger partial charge is 0.342 e. The second kappa shape index (κ2) is 8.45. The van der Waals surface area contributed by atoms with Gasteiger partial charge in [-0.3, -0.25) is 14.5 Å². The van der Waals surface area contributed by atoms with Gasteiger partial charge in [0.25, 0.3) is 5.91 Å². The molecule has 2 aromatic rings.